The van der Waals surface area contributed by atoms with Crippen molar-refractivity contribution in [3.05, 3.63) is 29.6 Å². The highest BCUT2D eigenvalue weighted by molar-refractivity contribution is 5.78. The van der Waals surface area contributed by atoms with Gasteiger partial charge in [0.05, 0.1) is 19.8 Å². The minimum absolute atomic E-state index is 0.261. The van der Waals surface area contributed by atoms with Crippen LogP contribution in [0.5, 0.6) is 0 Å². The Kier molecular flexibility index (Phi) is 6.18. The highest BCUT2D eigenvalue weighted by Gasteiger charge is 2.23. The molecule has 2 aliphatic rings. The number of ether oxygens (including phenoxy) is 1. The summed E-state index contributed by atoms with van der Waals surface area (Å²) >= 11 is 0. The lowest BCUT2D eigenvalue weighted by atomic mass is 10.2. The van der Waals surface area contributed by atoms with Crippen molar-refractivity contribution in [2.24, 2.45) is 0 Å². The molecular weight excluding hydrogens is 304 g/mol. The van der Waals surface area contributed by atoms with Crippen LogP contribution in [-0.2, 0) is 16.0 Å². The molecular formula is C18H28N4O2. The molecule has 1 aromatic heterocycles. The van der Waals surface area contributed by atoms with Crippen LogP contribution in [-0.4, -0.2) is 91.2 Å². The molecule has 3 heterocycles. The molecule has 1 amide bonds. The van der Waals surface area contributed by atoms with Gasteiger partial charge in [0.1, 0.15) is 0 Å². The molecule has 2 fully saturated rings. The first-order valence-electron chi connectivity index (χ1n) is 8.93. The standard InChI is InChI=1S/C18H28N4O2/c1-16-3-2-4-17(19-16)5-6-20-7-9-22(10-8-20)18(23)15-21-11-13-24-14-12-21/h2-4H,5-15H2,1H3. The molecule has 0 radical (unpaired) electrons. The van der Waals surface area contributed by atoms with Gasteiger partial charge in [0.2, 0.25) is 5.91 Å². The largest absolute Gasteiger partial charge is 0.379 e. The second-order valence-corrected chi connectivity index (χ2v) is 6.63. The maximum atomic E-state index is 12.4. The highest BCUT2D eigenvalue weighted by atomic mass is 16.5. The number of nitrogens with zero attached hydrogens (tertiary/aromatic N) is 4. The van der Waals surface area contributed by atoms with Crippen molar-refractivity contribution >= 4 is 5.91 Å². The summed E-state index contributed by atoms with van der Waals surface area (Å²) in [6.45, 7) is 10.4. The van der Waals surface area contributed by atoms with E-state index >= 15 is 0 Å². The van der Waals surface area contributed by atoms with Gasteiger partial charge in [-0.3, -0.25) is 19.6 Å². The number of aryl methyl sites for hydroxylation is 1. The van der Waals surface area contributed by atoms with Gasteiger partial charge in [-0.2, -0.15) is 0 Å². The van der Waals surface area contributed by atoms with Crippen LogP contribution < -0.4 is 0 Å². The van der Waals surface area contributed by atoms with Gasteiger partial charge in [0.25, 0.3) is 0 Å². The average Bonchev–Trinajstić information content (AvgIpc) is 2.61. The van der Waals surface area contributed by atoms with E-state index in [1.54, 1.807) is 0 Å². The number of hydrogen-bond acceptors (Lipinski definition) is 5. The van der Waals surface area contributed by atoms with Crippen LogP contribution in [0.1, 0.15) is 11.4 Å². The van der Waals surface area contributed by atoms with Gasteiger partial charge < -0.3 is 9.64 Å². The summed E-state index contributed by atoms with van der Waals surface area (Å²) in [6.07, 6.45) is 0.976. The van der Waals surface area contributed by atoms with Crippen molar-refractivity contribution in [1.29, 1.82) is 0 Å². The lowest BCUT2D eigenvalue weighted by Gasteiger charge is -2.36. The van der Waals surface area contributed by atoms with E-state index in [1.165, 1.54) is 0 Å². The Bertz CT molecular complexity index is 538. The molecule has 0 aromatic carbocycles. The van der Waals surface area contributed by atoms with Crippen LogP contribution >= 0.6 is 0 Å². The van der Waals surface area contributed by atoms with Gasteiger partial charge in [-0.1, -0.05) is 6.07 Å². The van der Waals surface area contributed by atoms with E-state index in [9.17, 15) is 4.79 Å². The SMILES string of the molecule is Cc1cccc(CCN2CCN(C(=O)CN3CCOCC3)CC2)n1. The molecule has 0 atom stereocenters. The predicted molar refractivity (Wildman–Crippen MR) is 93.0 cm³/mol. The second-order valence-electron chi connectivity index (χ2n) is 6.63. The Balaban J connectivity index is 1.38. The lowest BCUT2D eigenvalue weighted by Crippen LogP contribution is -2.52. The summed E-state index contributed by atoms with van der Waals surface area (Å²) in [6, 6.07) is 6.19. The number of hydrogen-bond donors (Lipinski definition) is 0. The zero-order valence-electron chi connectivity index (χ0n) is 14.6. The van der Waals surface area contributed by atoms with E-state index < -0.39 is 0 Å². The average molecular weight is 332 g/mol. The van der Waals surface area contributed by atoms with Crippen molar-refractivity contribution < 1.29 is 9.53 Å². The van der Waals surface area contributed by atoms with Gasteiger partial charge in [0, 0.05) is 63.6 Å². The zero-order chi connectivity index (χ0) is 16.8. The number of amides is 1. The van der Waals surface area contributed by atoms with Crippen LogP contribution in [0.2, 0.25) is 0 Å². The molecule has 132 valence electrons. The third kappa shape index (κ3) is 5.00. The quantitative estimate of drug-likeness (QED) is 0.782. The van der Waals surface area contributed by atoms with E-state index in [-0.39, 0.29) is 5.91 Å². The Morgan fingerprint density at radius 2 is 1.83 bits per heavy atom. The molecule has 6 heteroatoms. The van der Waals surface area contributed by atoms with Gasteiger partial charge in [-0.05, 0) is 19.1 Å². The Hall–Kier alpha value is -1.50. The van der Waals surface area contributed by atoms with E-state index in [2.05, 4.69) is 26.9 Å². The van der Waals surface area contributed by atoms with Crippen LogP contribution in [0.3, 0.4) is 0 Å². The number of rotatable bonds is 5. The topological polar surface area (TPSA) is 48.9 Å². The fourth-order valence-corrected chi connectivity index (χ4v) is 3.28. The molecule has 2 saturated heterocycles. The summed E-state index contributed by atoms with van der Waals surface area (Å²) in [4.78, 5) is 23.6. The Labute approximate surface area is 144 Å². The first-order valence-corrected chi connectivity index (χ1v) is 8.93. The molecule has 0 spiro atoms. The summed E-state index contributed by atoms with van der Waals surface area (Å²) in [7, 11) is 0. The number of morpholine rings is 1. The monoisotopic (exact) mass is 332 g/mol. The first kappa shape index (κ1) is 17.3. The fraction of sp³-hybridized carbons (Fsp3) is 0.667. The summed E-state index contributed by atoms with van der Waals surface area (Å²) in [5.74, 6) is 0.261. The fourth-order valence-electron chi connectivity index (χ4n) is 3.28. The minimum Gasteiger partial charge on any atom is -0.379 e. The second kappa shape index (κ2) is 8.55. The smallest absolute Gasteiger partial charge is 0.236 e. The van der Waals surface area contributed by atoms with Crippen molar-refractivity contribution in [2.75, 3.05) is 65.6 Å². The molecule has 1 aromatic rings. The number of carbonyl (C=O) groups is 1. The van der Waals surface area contributed by atoms with Crippen LogP contribution in [0.25, 0.3) is 0 Å². The van der Waals surface area contributed by atoms with Crippen molar-refractivity contribution in [2.45, 2.75) is 13.3 Å². The highest BCUT2D eigenvalue weighted by Crippen LogP contribution is 2.07. The maximum absolute atomic E-state index is 12.4. The van der Waals surface area contributed by atoms with Crippen molar-refractivity contribution in [1.82, 2.24) is 19.7 Å². The molecule has 0 unspecified atom stereocenters. The third-order valence-corrected chi connectivity index (χ3v) is 4.82. The number of aromatic nitrogens is 1. The van der Waals surface area contributed by atoms with Crippen LogP contribution in [0, 0.1) is 6.92 Å². The van der Waals surface area contributed by atoms with Gasteiger partial charge in [0.15, 0.2) is 0 Å². The zero-order valence-corrected chi connectivity index (χ0v) is 14.6. The van der Waals surface area contributed by atoms with E-state index in [1.807, 2.05) is 17.9 Å². The molecule has 0 bridgehead atoms. The Morgan fingerprint density at radius 1 is 1.08 bits per heavy atom. The minimum atomic E-state index is 0.261. The van der Waals surface area contributed by atoms with Gasteiger partial charge in [-0.15, -0.1) is 0 Å². The van der Waals surface area contributed by atoms with Gasteiger partial charge in [-0.25, -0.2) is 0 Å². The maximum Gasteiger partial charge on any atom is 0.236 e. The number of pyridine rings is 1. The van der Waals surface area contributed by atoms with Crippen LogP contribution in [0.15, 0.2) is 18.2 Å². The van der Waals surface area contributed by atoms with Crippen LogP contribution in [0.4, 0.5) is 0 Å². The number of carbonyl (C=O) groups excluding carboxylic acids is 1. The number of piperazine rings is 1. The van der Waals surface area contributed by atoms with E-state index in [0.717, 1.165) is 76.8 Å². The normalized spacial score (nSPS) is 20.3. The molecule has 3 rings (SSSR count). The third-order valence-electron chi connectivity index (χ3n) is 4.82. The van der Waals surface area contributed by atoms with E-state index in [4.69, 9.17) is 4.74 Å². The van der Waals surface area contributed by atoms with Crippen molar-refractivity contribution in [3.8, 4) is 0 Å². The molecule has 0 N–H and O–H groups in total. The summed E-state index contributed by atoms with van der Waals surface area (Å²) < 4.78 is 5.33. The molecule has 24 heavy (non-hydrogen) atoms. The summed E-state index contributed by atoms with van der Waals surface area (Å²) in [5, 5.41) is 0. The summed E-state index contributed by atoms with van der Waals surface area (Å²) in [5.41, 5.74) is 2.23. The first-order chi connectivity index (χ1) is 11.7. The molecule has 2 aliphatic heterocycles. The van der Waals surface area contributed by atoms with E-state index in [0.29, 0.717) is 6.54 Å². The van der Waals surface area contributed by atoms with Gasteiger partial charge >= 0.3 is 0 Å². The molecule has 6 nitrogen and oxygen atoms in total. The molecule has 0 aliphatic carbocycles. The lowest BCUT2D eigenvalue weighted by molar-refractivity contribution is -0.135. The Morgan fingerprint density at radius 3 is 2.54 bits per heavy atom. The molecule has 0 saturated carbocycles. The predicted octanol–water partition coefficient (Wildman–Crippen LogP) is 0.409. The van der Waals surface area contributed by atoms with Crippen molar-refractivity contribution in [3.63, 3.8) is 0 Å².